The minimum atomic E-state index is -0.470. The maximum Gasteiger partial charge on any atom is 0.346 e. The molecule has 2 heterocycles. The number of esters is 1. The molecule has 0 bridgehead atoms. The number of nitrogens with one attached hydrogen (secondary N) is 1. The molecule has 1 fully saturated rings. The predicted molar refractivity (Wildman–Crippen MR) is 121 cm³/mol. The Labute approximate surface area is 186 Å². The van der Waals surface area contributed by atoms with Crippen LogP contribution in [0.15, 0.2) is 30.5 Å². The molecule has 0 saturated heterocycles. The van der Waals surface area contributed by atoms with E-state index in [2.05, 4.69) is 43.1 Å². The van der Waals surface area contributed by atoms with Gasteiger partial charge in [0, 0.05) is 5.56 Å². The van der Waals surface area contributed by atoms with Crippen molar-refractivity contribution >= 4 is 29.4 Å². The van der Waals surface area contributed by atoms with Crippen molar-refractivity contribution in [3.8, 4) is 17.1 Å². The quantitative estimate of drug-likeness (QED) is 0.247. The van der Waals surface area contributed by atoms with E-state index in [9.17, 15) is 4.79 Å². The molecule has 2 aromatic heterocycles. The normalized spacial score (nSPS) is 23.5. The number of nitrogens with zero attached hydrogens (tertiary/aromatic N) is 2. The first-order valence-electron chi connectivity index (χ1n) is 10.5. The monoisotopic (exact) mass is 441 g/mol. The molecule has 2 atom stereocenters. The van der Waals surface area contributed by atoms with Crippen LogP contribution in [0, 0.1) is 24.7 Å². The zero-order valence-corrected chi connectivity index (χ0v) is 18.9. The lowest BCUT2D eigenvalue weighted by molar-refractivity contribution is -0.107. The molecule has 1 N–H and O–H groups in total. The molecule has 31 heavy (non-hydrogen) atoms. The van der Waals surface area contributed by atoms with E-state index in [1.54, 1.807) is 10.7 Å². The third kappa shape index (κ3) is 4.30. The number of aryl methyl sites for hydroxylation is 1. The van der Waals surface area contributed by atoms with Gasteiger partial charge in [-0.3, -0.25) is 9.78 Å². The topological polar surface area (TPSA) is 77.8 Å². The third-order valence-electron chi connectivity index (χ3n) is 6.02. The summed E-state index contributed by atoms with van der Waals surface area (Å²) in [5.41, 5.74) is 3.77. The van der Waals surface area contributed by atoms with E-state index in [1.807, 2.05) is 31.2 Å². The molecule has 0 amide bonds. The lowest BCUT2D eigenvalue weighted by Crippen LogP contribution is -2.37. The van der Waals surface area contributed by atoms with E-state index in [4.69, 9.17) is 14.5 Å². The van der Waals surface area contributed by atoms with Crippen molar-refractivity contribution in [3.63, 3.8) is 0 Å². The van der Waals surface area contributed by atoms with Crippen LogP contribution in [0.25, 0.3) is 17.0 Å². The molecular weight excluding hydrogens is 414 g/mol. The number of ether oxygens (including phenoxy) is 1. The number of carbonyl (C=O) groups is 1. The number of fused-ring (bicyclic) bond motifs is 1. The van der Waals surface area contributed by atoms with Crippen LogP contribution in [0.3, 0.4) is 0 Å². The molecule has 164 valence electrons. The predicted octanol–water partition coefficient (Wildman–Crippen LogP) is 5.13. The number of aromatic nitrogens is 3. The van der Waals surface area contributed by atoms with Crippen LogP contribution in [0.4, 0.5) is 0 Å². The second kappa shape index (κ2) is 8.70. The number of H-pyrrole nitrogens is 1. The van der Waals surface area contributed by atoms with Gasteiger partial charge in [-0.25, -0.2) is 9.31 Å². The first-order chi connectivity index (χ1) is 14.9. The molecule has 0 spiro atoms. The Hall–Kier alpha value is -2.87. The second-order valence-electron chi connectivity index (χ2n) is 8.68. The SMILES string of the molecule is Cc1ccc(-c2nn3cc(OOC=S)c(C(=O)OC4C(C)CC(C)CC4C)c3[nH]2)cc1. The fourth-order valence-electron chi connectivity index (χ4n) is 4.70. The van der Waals surface area contributed by atoms with Crippen LogP contribution < -0.4 is 4.89 Å². The minimum Gasteiger partial charge on any atom is -0.458 e. The van der Waals surface area contributed by atoms with Gasteiger partial charge < -0.3 is 9.72 Å². The summed E-state index contributed by atoms with van der Waals surface area (Å²) < 4.78 is 7.56. The highest BCUT2D eigenvalue weighted by Crippen LogP contribution is 2.36. The Morgan fingerprint density at radius 3 is 2.52 bits per heavy atom. The van der Waals surface area contributed by atoms with E-state index < -0.39 is 5.97 Å². The van der Waals surface area contributed by atoms with Crippen molar-refractivity contribution in [3.05, 3.63) is 41.6 Å². The zero-order valence-electron chi connectivity index (χ0n) is 18.1. The number of hydrogen-bond donors (Lipinski definition) is 1. The first kappa shape index (κ1) is 21.4. The fraction of sp³-hybridized carbons (Fsp3) is 0.435. The lowest BCUT2D eigenvalue weighted by Gasteiger charge is -2.37. The maximum absolute atomic E-state index is 13.3. The van der Waals surface area contributed by atoms with E-state index in [0.717, 1.165) is 29.5 Å². The molecule has 0 aliphatic heterocycles. The molecule has 4 rings (SSSR count). The van der Waals surface area contributed by atoms with Crippen LogP contribution in [-0.4, -0.2) is 32.2 Å². The number of thiocarbonyl (C=S) groups is 1. The van der Waals surface area contributed by atoms with Crippen LogP contribution in [-0.2, 0) is 9.62 Å². The van der Waals surface area contributed by atoms with Crippen molar-refractivity contribution in [1.29, 1.82) is 0 Å². The second-order valence-corrected chi connectivity index (χ2v) is 8.87. The summed E-state index contributed by atoms with van der Waals surface area (Å²) in [6, 6.07) is 7.98. The van der Waals surface area contributed by atoms with Gasteiger partial charge >= 0.3 is 5.97 Å². The first-order valence-corrected chi connectivity index (χ1v) is 11.0. The molecule has 1 aromatic carbocycles. The summed E-state index contributed by atoms with van der Waals surface area (Å²) in [5.74, 6) is 1.56. The summed E-state index contributed by atoms with van der Waals surface area (Å²) in [6.45, 7) is 8.54. The van der Waals surface area contributed by atoms with Crippen LogP contribution >= 0.6 is 12.2 Å². The Balaban J connectivity index is 1.68. The van der Waals surface area contributed by atoms with Crippen molar-refractivity contribution in [1.82, 2.24) is 14.6 Å². The van der Waals surface area contributed by atoms with Crippen molar-refractivity contribution < 1.29 is 19.3 Å². The van der Waals surface area contributed by atoms with E-state index in [1.165, 1.54) is 0 Å². The number of benzene rings is 1. The number of aromatic amines is 1. The Kier molecular flexibility index (Phi) is 6.00. The highest BCUT2D eigenvalue weighted by atomic mass is 32.1. The maximum atomic E-state index is 13.3. The van der Waals surface area contributed by atoms with Crippen LogP contribution in [0.2, 0.25) is 0 Å². The molecule has 3 aromatic rings. The van der Waals surface area contributed by atoms with Crippen LogP contribution in [0.5, 0.6) is 5.75 Å². The van der Waals surface area contributed by atoms with Gasteiger partial charge in [0.2, 0.25) is 11.3 Å². The van der Waals surface area contributed by atoms with Crippen LogP contribution in [0.1, 0.15) is 49.5 Å². The highest BCUT2D eigenvalue weighted by molar-refractivity contribution is 7.78. The average molecular weight is 442 g/mol. The smallest absolute Gasteiger partial charge is 0.346 e. The van der Waals surface area contributed by atoms with Crippen molar-refractivity contribution in [2.75, 3.05) is 0 Å². The van der Waals surface area contributed by atoms with Gasteiger partial charge in [0.1, 0.15) is 6.10 Å². The highest BCUT2D eigenvalue weighted by Gasteiger charge is 2.36. The van der Waals surface area contributed by atoms with Gasteiger partial charge in [-0.15, -0.1) is 5.10 Å². The van der Waals surface area contributed by atoms with E-state index >= 15 is 0 Å². The standard InChI is InChI=1S/C23H27N3O4S/c1-13-5-7-17(8-6-13)21-24-22-19(18(30-28-12-31)11-26(22)25-21)23(27)29-20-15(3)9-14(2)10-16(20)4/h5-8,11-12,14-16,20H,9-10H2,1-4H3,(H,24,25). The summed E-state index contributed by atoms with van der Waals surface area (Å²) in [7, 11) is 0. The van der Waals surface area contributed by atoms with Gasteiger partial charge in [-0.1, -0.05) is 50.6 Å². The largest absolute Gasteiger partial charge is 0.458 e. The molecule has 8 heteroatoms. The number of rotatable bonds is 6. The van der Waals surface area contributed by atoms with Crippen molar-refractivity contribution in [2.45, 2.75) is 46.6 Å². The molecule has 1 saturated carbocycles. The van der Waals surface area contributed by atoms with Gasteiger partial charge in [0.15, 0.2) is 17.0 Å². The zero-order chi connectivity index (χ0) is 22.1. The van der Waals surface area contributed by atoms with E-state index in [0.29, 0.717) is 17.4 Å². The van der Waals surface area contributed by atoms with Gasteiger partial charge in [-0.05, 0) is 49.7 Å². The summed E-state index contributed by atoms with van der Waals surface area (Å²) in [6.07, 6.45) is 3.49. The molecule has 1 aliphatic carbocycles. The summed E-state index contributed by atoms with van der Waals surface area (Å²) in [4.78, 5) is 26.5. The fourth-order valence-corrected chi connectivity index (χ4v) is 4.74. The molecule has 1 aliphatic rings. The number of carbonyl (C=O) groups excluding carboxylic acids is 1. The van der Waals surface area contributed by atoms with Gasteiger partial charge in [0.25, 0.3) is 0 Å². The molecule has 7 nitrogen and oxygen atoms in total. The minimum absolute atomic E-state index is 0.155. The summed E-state index contributed by atoms with van der Waals surface area (Å²) in [5, 5.41) is 4.55. The Bertz CT molecular complexity index is 1080. The number of hydrogen-bond acceptors (Lipinski definition) is 6. The van der Waals surface area contributed by atoms with Crippen molar-refractivity contribution in [2.24, 2.45) is 17.8 Å². The third-order valence-corrected chi connectivity index (χ3v) is 6.09. The lowest BCUT2D eigenvalue weighted by atomic mass is 9.75. The molecular formula is C23H27N3O4S. The Morgan fingerprint density at radius 2 is 1.87 bits per heavy atom. The average Bonchev–Trinajstić information content (AvgIpc) is 3.27. The molecule has 2 unspecified atom stereocenters. The summed E-state index contributed by atoms with van der Waals surface area (Å²) >= 11 is 4.67. The van der Waals surface area contributed by atoms with E-state index in [-0.39, 0.29) is 29.3 Å². The Morgan fingerprint density at radius 1 is 1.19 bits per heavy atom. The molecule has 0 radical (unpaired) electrons. The van der Waals surface area contributed by atoms with Gasteiger partial charge in [0.05, 0.1) is 6.20 Å². The van der Waals surface area contributed by atoms with Gasteiger partial charge in [-0.2, -0.15) is 0 Å².